The molecule has 0 radical (unpaired) electrons. The fourth-order valence-corrected chi connectivity index (χ4v) is 3.58. The van der Waals surface area contributed by atoms with Crippen molar-refractivity contribution in [2.75, 3.05) is 6.54 Å². The van der Waals surface area contributed by atoms with Crippen molar-refractivity contribution in [3.05, 3.63) is 70.6 Å². The van der Waals surface area contributed by atoms with Gasteiger partial charge in [-0.15, -0.1) is 10.2 Å². The fraction of sp³-hybridized carbons (Fsp3) is 0.400. The molecule has 1 aromatic heterocycles. The molecule has 31 heavy (non-hydrogen) atoms. The van der Waals surface area contributed by atoms with E-state index in [2.05, 4.69) is 62.2 Å². The second kappa shape index (κ2) is 10.1. The molecule has 0 bridgehead atoms. The molecule has 0 atom stereocenters. The molecule has 0 aliphatic rings. The Hall–Kier alpha value is -2.66. The van der Waals surface area contributed by atoms with Crippen LogP contribution in [0.5, 0.6) is 0 Å². The lowest BCUT2D eigenvalue weighted by Gasteiger charge is -2.21. The zero-order valence-electron chi connectivity index (χ0n) is 18.7. The number of nitrogens with zero attached hydrogens (tertiary/aromatic N) is 3. The maximum Gasteiger partial charge on any atom is 0.249 e. The minimum Gasteiger partial charge on any atom is -0.419 e. The maximum atomic E-state index is 12.9. The lowest BCUT2D eigenvalue weighted by molar-refractivity contribution is -0.132. The van der Waals surface area contributed by atoms with E-state index < -0.39 is 0 Å². The normalized spacial score (nSPS) is 11.5. The zero-order valence-corrected chi connectivity index (χ0v) is 19.4. The lowest BCUT2D eigenvalue weighted by atomic mass is 9.86. The molecule has 0 saturated heterocycles. The summed E-state index contributed by atoms with van der Waals surface area (Å²) in [4.78, 5) is 14.7. The van der Waals surface area contributed by atoms with E-state index in [1.54, 1.807) is 11.0 Å². The number of rotatable bonds is 8. The van der Waals surface area contributed by atoms with Crippen LogP contribution in [0.2, 0.25) is 5.02 Å². The molecule has 0 unspecified atom stereocenters. The minimum atomic E-state index is 0.0826. The molecule has 3 aromatic rings. The first-order chi connectivity index (χ1) is 14.8. The summed E-state index contributed by atoms with van der Waals surface area (Å²) in [5, 5.41) is 8.77. The van der Waals surface area contributed by atoms with Gasteiger partial charge in [-0.25, -0.2) is 0 Å². The second-order valence-corrected chi connectivity index (χ2v) is 9.15. The van der Waals surface area contributed by atoms with Gasteiger partial charge in [0.15, 0.2) is 0 Å². The predicted octanol–water partition coefficient (Wildman–Crippen LogP) is 6.06. The number of aryl methyl sites for hydroxylation is 1. The highest BCUT2D eigenvalue weighted by Gasteiger charge is 2.18. The highest BCUT2D eigenvalue weighted by atomic mass is 35.5. The van der Waals surface area contributed by atoms with E-state index in [0.717, 1.165) is 12.0 Å². The van der Waals surface area contributed by atoms with Gasteiger partial charge in [-0.3, -0.25) is 4.79 Å². The van der Waals surface area contributed by atoms with Gasteiger partial charge in [0.2, 0.25) is 17.7 Å². The van der Waals surface area contributed by atoms with Crippen molar-refractivity contribution in [1.29, 1.82) is 0 Å². The summed E-state index contributed by atoms with van der Waals surface area (Å²) >= 11 is 6.22. The molecule has 0 aliphatic heterocycles. The SMILES string of the molecule is CCCN(Cc1nnc(-c2ccccc2Cl)o1)C(=O)CCc1ccc(C(C)(C)C)cc1. The fourth-order valence-electron chi connectivity index (χ4n) is 3.37. The van der Waals surface area contributed by atoms with Crippen LogP contribution in [0, 0.1) is 0 Å². The molecular formula is C25H30ClN3O2. The molecule has 0 aliphatic carbocycles. The van der Waals surface area contributed by atoms with Crippen molar-refractivity contribution in [1.82, 2.24) is 15.1 Å². The summed E-state index contributed by atoms with van der Waals surface area (Å²) in [6, 6.07) is 15.9. The number of aromatic nitrogens is 2. The monoisotopic (exact) mass is 439 g/mol. The van der Waals surface area contributed by atoms with Gasteiger partial charge in [0.05, 0.1) is 17.1 Å². The van der Waals surface area contributed by atoms with Crippen molar-refractivity contribution < 1.29 is 9.21 Å². The van der Waals surface area contributed by atoms with Crippen LogP contribution in [0.3, 0.4) is 0 Å². The second-order valence-electron chi connectivity index (χ2n) is 8.74. The molecule has 5 nitrogen and oxygen atoms in total. The van der Waals surface area contributed by atoms with E-state index in [4.69, 9.17) is 16.0 Å². The lowest BCUT2D eigenvalue weighted by Crippen LogP contribution is -2.31. The van der Waals surface area contributed by atoms with Crippen LogP contribution >= 0.6 is 11.6 Å². The Labute approximate surface area is 189 Å². The van der Waals surface area contributed by atoms with E-state index >= 15 is 0 Å². The number of hydrogen-bond acceptors (Lipinski definition) is 4. The van der Waals surface area contributed by atoms with Gasteiger partial charge in [0, 0.05) is 13.0 Å². The molecule has 164 valence electrons. The van der Waals surface area contributed by atoms with Crippen molar-refractivity contribution >= 4 is 17.5 Å². The Balaban J connectivity index is 1.63. The van der Waals surface area contributed by atoms with E-state index in [1.165, 1.54) is 5.56 Å². The first-order valence-corrected chi connectivity index (χ1v) is 11.1. The quantitative estimate of drug-likeness (QED) is 0.428. The van der Waals surface area contributed by atoms with Crippen LogP contribution in [0.1, 0.15) is 57.6 Å². The standard InChI is InChI=1S/C25H30ClN3O2/c1-5-16-29(17-22-27-28-24(31-22)20-8-6-7-9-21(20)26)23(30)15-12-18-10-13-19(14-11-18)25(2,3)4/h6-11,13-14H,5,12,15-17H2,1-4H3. The molecule has 0 fully saturated rings. The van der Waals surface area contributed by atoms with Gasteiger partial charge >= 0.3 is 0 Å². The molecule has 0 spiro atoms. The van der Waals surface area contributed by atoms with Gasteiger partial charge in [-0.1, -0.05) is 75.7 Å². The third kappa shape index (κ3) is 6.17. The molecule has 1 heterocycles. The third-order valence-corrected chi connectivity index (χ3v) is 5.52. The Morgan fingerprint density at radius 1 is 1.06 bits per heavy atom. The summed E-state index contributed by atoms with van der Waals surface area (Å²) in [7, 11) is 0. The van der Waals surface area contributed by atoms with Crippen molar-refractivity contribution in [3.8, 4) is 11.5 Å². The van der Waals surface area contributed by atoms with Gasteiger partial charge in [0.1, 0.15) is 0 Å². The molecular weight excluding hydrogens is 410 g/mol. The maximum absolute atomic E-state index is 12.9. The van der Waals surface area contributed by atoms with Crippen molar-refractivity contribution in [2.24, 2.45) is 0 Å². The van der Waals surface area contributed by atoms with Crippen LogP contribution in [0.4, 0.5) is 0 Å². The van der Waals surface area contributed by atoms with Crippen LogP contribution in [0.15, 0.2) is 52.9 Å². The van der Waals surface area contributed by atoms with E-state index in [0.29, 0.717) is 48.3 Å². The van der Waals surface area contributed by atoms with Crippen LogP contribution < -0.4 is 0 Å². The van der Waals surface area contributed by atoms with Crippen LogP contribution in [-0.4, -0.2) is 27.5 Å². The number of benzene rings is 2. The van der Waals surface area contributed by atoms with Gasteiger partial charge in [-0.2, -0.15) is 0 Å². The zero-order chi connectivity index (χ0) is 22.4. The Kier molecular flexibility index (Phi) is 7.50. The first-order valence-electron chi connectivity index (χ1n) is 10.7. The smallest absolute Gasteiger partial charge is 0.249 e. The largest absolute Gasteiger partial charge is 0.419 e. The summed E-state index contributed by atoms with van der Waals surface area (Å²) < 4.78 is 5.78. The van der Waals surface area contributed by atoms with E-state index in [9.17, 15) is 4.79 Å². The third-order valence-electron chi connectivity index (χ3n) is 5.19. The van der Waals surface area contributed by atoms with Crippen molar-refractivity contribution in [3.63, 3.8) is 0 Å². The van der Waals surface area contributed by atoms with Crippen LogP contribution in [0.25, 0.3) is 11.5 Å². The molecule has 6 heteroatoms. The molecule has 2 aromatic carbocycles. The summed E-state index contributed by atoms with van der Waals surface area (Å²) in [6.45, 7) is 9.59. The topological polar surface area (TPSA) is 59.2 Å². The van der Waals surface area contributed by atoms with Crippen molar-refractivity contribution in [2.45, 2.75) is 58.9 Å². The Morgan fingerprint density at radius 3 is 2.42 bits per heavy atom. The summed E-state index contributed by atoms with van der Waals surface area (Å²) in [5.41, 5.74) is 3.27. The number of hydrogen-bond donors (Lipinski definition) is 0. The van der Waals surface area contributed by atoms with E-state index in [1.807, 2.05) is 18.2 Å². The number of carbonyl (C=O) groups is 1. The first kappa shape index (κ1) is 23.0. The molecule has 0 N–H and O–H groups in total. The molecule has 0 saturated carbocycles. The minimum absolute atomic E-state index is 0.0826. The predicted molar refractivity (Wildman–Crippen MR) is 124 cm³/mol. The number of halogens is 1. The highest BCUT2D eigenvalue weighted by molar-refractivity contribution is 6.33. The van der Waals surface area contributed by atoms with Gasteiger partial charge in [-0.05, 0) is 41.5 Å². The number of carbonyl (C=O) groups excluding carboxylic acids is 1. The molecule has 3 rings (SSSR count). The highest BCUT2D eigenvalue weighted by Crippen LogP contribution is 2.26. The summed E-state index contributed by atoms with van der Waals surface area (Å²) in [6.07, 6.45) is 2.01. The van der Waals surface area contributed by atoms with Gasteiger partial charge < -0.3 is 9.32 Å². The summed E-state index contributed by atoms with van der Waals surface area (Å²) in [5.74, 6) is 0.855. The average molecular weight is 440 g/mol. The molecule has 1 amide bonds. The average Bonchev–Trinajstić information content (AvgIpc) is 3.20. The van der Waals surface area contributed by atoms with Gasteiger partial charge in [0.25, 0.3) is 0 Å². The Morgan fingerprint density at radius 2 is 1.77 bits per heavy atom. The number of amides is 1. The Bertz CT molecular complexity index is 1010. The van der Waals surface area contributed by atoms with Crippen LogP contribution in [-0.2, 0) is 23.2 Å². The van der Waals surface area contributed by atoms with E-state index in [-0.39, 0.29) is 11.3 Å².